The predicted molar refractivity (Wildman–Crippen MR) is 84.4 cm³/mol. The Kier molecular flexibility index (Phi) is 5.32. The fourth-order valence-corrected chi connectivity index (χ4v) is 1.90. The third-order valence-corrected chi connectivity index (χ3v) is 3.29. The highest BCUT2D eigenvalue weighted by Crippen LogP contribution is 2.27. The molecular formula is C17H21NO2. The third-order valence-electron chi connectivity index (χ3n) is 3.29. The second kappa shape index (κ2) is 6.75. The monoisotopic (exact) mass is 271 g/mol. The van der Waals surface area contributed by atoms with Gasteiger partial charge in [-0.15, -0.1) is 0 Å². The molecule has 20 heavy (non-hydrogen) atoms. The van der Waals surface area contributed by atoms with Crippen LogP contribution >= 0.6 is 0 Å². The molecule has 3 heteroatoms. The molecule has 1 rings (SSSR count). The molecule has 0 bridgehead atoms. The number of ketones is 1. The minimum absolute atomic E-state index is 0.129. The normalized spacial score (nSPS) is 12.3. The van der Waals surface area contributed by atoms with E-state index in [1.54, 1.807) is 6.08 Å². The standard InChI is InChI=1S/C17H21NO2/c1-5-14(10-19)16(12(3)13(4)20)9-15-8-6-7-11(2)17(15)18/h6-10,19H,3,5,18H2,1-2,4H3/b14-10+,16-9+. The first-order valence-corrected chi connectivity index (χ1v) is 6.53. The number of nitrogen functional groups attached to an aromatic ring is 1. The minimum Gasteiger partial charge on any atom is -0.515 e. The Hall–Kier alpha value is -2.29. The van der Waals surface area contributed by atoms with Gasteiger partial charge >= 0.3 is 0 Å². The lowest BCUT2D eigenvalue weighted by Crippen LogP contribution is -2.02. The second-order valence-electron chi connectivity index (χ2n) is 4.68. The molecule has 0 saturated heterocycles. The van der Waals surface area contributed by atoms with Gasteiger partial charge in [0.1, 0.15) is 0 Å². The molecule has 0 saturated carbocycles. The number of hydrogen-bond donors (Lipinski definition) is 2. The minimum atomic E-state index is -0.129. The van der Waals surface area contributed by atoms with Crippen molar-refractivity contribution in [1.82, 2.24) is 0 Å². The first-order valence-electron chi connectivity index (χ1n) is 6.53. The molecule has 1 aromatic rings. The number of benzene rings is 1. The number of aliphatic hydroxyl groups is 1. The fourth-order valence-electron chi connectivity index (χ4n) is 1.90. The smallest absolute Gasteiger partial charge is 0.159 e. The van der Waals surface area contributed by atoms with Crippen molar-refractivity contribution < 1.29 is 9.90 Å². The zero-order chi connectivity index (χ0) is 15.3. The number of allylic oxidation sites excluding steroid dienone is 3. The molecule has 0 aliphatic rings. The van der Waals surface area contributed by atoms with Crippen molar-refractivity contribution in [3.05, 3.63) is 58.9 Å². The summed E-state index contributed by atoms with van der Waals surface area (Å²) in [6.07, 6.45) is 3.42. The lowest BCUT2D eigenvalue weighted by Gasteiger charge is -2.12. The van der Waals surface area contributed by atoms with E-state index in [9.17, 15) is 9.90 Å². The van der Waals surface area contributed by atoms with E-state index in [-0.39, 0.29) is 5.78 Å². The van der Waals surface area contributed by atoms with Crippen LogP contribution in [-0.4, -0.2) is 10.9 Å². The average Bonchev–Trinajstić information content (AvgIpc) is 2.42. The number of rotatable bonds is 5. The van der Waals surface area contributed by atoms with E-state index in [2.05, 4.69) is 6.58 Å². The average molecular weight is 271 g/mol. The molecule has 0 aliphatic carbocycles. The molecule has 0 unspecified atom stereocenters. The summed E-state index contributed by atoms with van der Waals surface area (Å²) in [5.41, 5.74) is 10.1. The largest absolute Gasteiger partial charge is 0.515 e. The molecule has 3 N–H and O–H groups in total. The molecule has 0 aromatic heterocycles. The van der Waals surface area contributed by atoms with Gasteiger partial charge in [0.05, 0.1) is 6.26 Å². The van der Waals surface area contributed by atoms with Crippen molar-refractivity contribution in [2.24, 2.45) is 0 Å². The number of carbonyl (C=O) groups excluding carboxylic acids is 1. The number of carbonyl (C=O) groups is 1. The van der Waals surface area contributed by atoms with Crippen LogP contribution < -0.4 is 5.73 Å². The van der Waals surface area contributed by atoms with Gasteiger partial charge in [0.25, 0.3) is 0 Å². The third kappa shape index (κ3) is 3.38. The quantitative estimate of drug-likeness (QED) is 0.369. The maximum atomic E-state index is 11.6. The van der Waals surface area contributed by atoms with E-state index in [1.807, 2.05) is 32.0 Å². The summed E-state index contributed by atoms with van der Waals surface area (Å²) >= 11 is 0. The van der Waals surface area contributed by atoms with Crippen molar-refractivity contribution in [1.29, 1.82) is 0 Å². The van der Waals surface area contributed by atoms with Gasteiger partial charge in [-0.1, -0.05) is 31.7 Å². The van der Waals surface area contributed by atoms with Crippen LogP contribution in [0, 0.1) is 6.92 Å². The van der Waals surface area contributed by atoms with Crippen molar-refractivity contribution >= 4 is 17.5 Å². The molecule has 3 nitrogen and oxygen atoms in total. The maximum Gasteiger partial charge on any atom is 0.159 e. The summed E-state index contributed by atoms with van der Waals surface area (Å²) in [5, 5.41) is 9.34. The highest BCUT2D eigenvalue weighted by molar-refractivity contribution is 6.00. The zero-order valence-corrected chi connectivity index (χ0v) is 12.2. The summed E-state index contributed by atoms with van der Waals surface area (Å²) in [5.74, 6) is -0.129. The molecule has 0 amide bonds. The summed E-state index contributed by atoms with van der Waals surface area (Å²) in [6, 6.07) is 5.70. The maximum absolute atomic E-state index is 11.6. The van der Waals surface area contributed by atoms with Crippen LogP contribution in [0.1, 0.15) is 31.4 Å². The summed E-state index contributed by atoms with van der Waals surface area (Å²) in [6.45, 7) is 9.10. The number of anilines is 1. The number of nitrogens with two attached hydrogens (primary N) is 1. The molecule has 1 aromatic carbocycles. The molecule has 106 valence electrons. The summed E-state index contributed by atoms with van der Waals surface area (Å²) < 4.78 is 0. The molecule has 0 radical (unpaired) electrons. The Morgan fingerprint density at radius 2 is 2.10 bits per heavy atom. The lowest BCUT2D eigenvalue weighted by molar-refractivity contribution is -0.113. The van der Waals surface area contributed by atoms with Crippen LogP contribution in [0.15, 0.2) is 47.8 Å². The van der Waals surface area contributed by atoms with E-state index in [4.69, 9.17) is 5.73 Å². The predicted octanol–water partition coefficient (Wildman–Crippen LogP) is 3.96. The summed E-state index contributed by atoms with van der Waals surface area (Å²) in [7, 11) is 0. The van der Waals surface area contributed by atoms with Crippen LogP contribution in [0.3, 0.4) is 0 Å². The number of hydrogen-bond acceptors (Lipinski definition) is 3. The first kappa shape index (κ1) is 15.8. The van der Waals surface area contributed by atoms with Gasteiger partial charge in [0, 0.05) is 11.3 Å². The van der Waals surface area contributed by atoms with Gasteiger partial charge in [0.2, 0.25) is 0 Å². The van der Waals surface area contributed by atoms with Crippen LogP contribution in [0.2, 0.25) is 0 Å². The highest BCUT2D eigenvalue weighted by atomic mass is 16.2. The van der Waals surface area contributed by atoms with E-state index >= 15 is 0 Å². The topological polar surface area (TPSA) is 63.3 Å². The van der Waals surface area contributed by atoms with E-state index in [0.29, 0.717) is 28.8 Å². The fraction of sp³-hybridized carbons (Fsp3) is 0.235. The number of para-hydroxylation sites is 1. The Morgan fingerprint density at radius 1 is 1.45 bits per heavy atom. The molecule has 0 atom stereocenters. The first-order chi connectivity index (χ1) is 9.42. The van der Waals surface area contributed by atoms with Crippen molar-refractivity contribution in [3.63, 3.8) is 0 Å². The Labute approximate surface area is 120 Å². The summed E-state index contributed by atoms with van der Waals surface area (Å²) in [4.78, 5) is 11.6. The van der Waals surface area contributed by atoms with Gasteiger partial charge in [-0.25, -0.2) is 0 Å². The van der Waals surface area contributed by atoms with Crippen molar-refractivity contribution in [2.75, 3.05) is 5.73 Å². The van der Waals surface area contributed by atoms with Crippen molar-refractivity contribution in [2.45, 2.75) is 27.2 Å². The van der Waals surface area contributed by atoms with E-state index < -0.39 is 0 Å². The zero-order valence-electron chi connectivity index (χ0n) is 12.2. The Balaban J connectivity index is 3.44. The molecular weight excluding hydrogens is 250 g/mol. The molecule has 0 spiro atoms. The number of aryl methyl sites for hydroxylation is 1. The SMILES string of the molecule is C=C(C(C)=O)C(=C\c1cccc(C)c1N)/C(=C/O)CC. The van der Waals surface area contributed by atoms with Crippen molar-refractivity contribution in [3.8, 4) is 0 Å². The molecule has 0 aliphatic heterocycles. The van der Waals surface area contributed by atoms with Crippen LogP contribution in [0.5, 0.6) is 0 Å². The van der Waals surface area contributed by atoms with E-state index in [0.717, 1.165) is 17.4 Å². The van der Waals surface area contributed by atoms with Gasteiger partial charge in [-0.2, -0.15) is 0 Å². The van der Waals surface area contributed by atoms with E-state index in [1.165, 1.54) is 6.92 Å². The van der Waals surface area contributed by atoms with Gasteiger partial charge in [0.15, 0.2) is 5.78 Å². The van der Waals surface area contributed by atoms with Crippen LogP contribution in [0.25, 0.3) is 6.08 Å². The number of Topliss-reactive ketones (excluding diaryl/α,β-unsaturated/α-hetero) is 1. The lowest BCUT2D eigenvalue weighted by atomic mass is 9.92. The van der Waals surface area contributed by atoms with Gasteiger partial charge < -0.3 is 10.8 Å². The number of aliphatic hydroxyl groups excluding tert-OH is 1. The Bertz CT molecular complexity index is 591. The van der Waals surface area contributed by atoms with Crippen LogP contribution in [0.4, 0.5) is 5.69 Å². The van der Waals surface area contributed by atoms with Gasteiger partial charge in [-0.3, -0.25) is 4.79 Å². The Morgan fingerprint density at radius 3 is 2.60 bits per heavy atom. The van der Waals surface area contributed by atoms with Gasteiger partial charge in [-0.05, 0) is 48.6 Å². The highest BCUT2D eigenvalue weighted by Gasteiger charge is 2.13. The molecule has 0 fully saturated rings. The molecule has 0 heterocycles. The van der Waals surface area contributed by atoms with Crippen LogP contribution in [-0.2, 0) is 4.79 Å². The second-order valence-corrected chi connectivity index (χ2v) is 4.68.